The number of anilines is 1. The van der Waals surface area contributed by atoms with Crippen LogP contribution < -0.4 is 10.2 Å². The summed E-state index contributed by atoms with van der Waals surface area (Å²) >= 11 is 5.95. The number of carboxylic acid groups (broad SMARTS) is 1. The molecule has 8 heteroatoms. The smallest absolute Gasteiger partial charge is 0.335 e. The van der Waals surface area contributed by atoms with Gasteiger partial charge in [0.05, 0.1) is 11.3 Å². The van der Waals surface area contributed by atoms with Crippen molar-refractivity contribution in [3.05, 3.63) is 82.2 Å². The minimum Gasteiger partial charge on any atom is -0.478 e. The topological polar surface area (TPSA) is 99.9 Å². The SMILES string of the molecule is Cc1ccc(C(=O)O)cc1-c1ccc(C=C2NC(=O)N(c3cccc(Cl)c3)C2=O)o1. The lowest BCUT2D eigenvalue weighted by molar-refractivity contribution is -0.113. The van der Waals surface area contributed by atoms with Crippen molar-refractivity contribution in [3.63, 3.8) is 0 Å². The number of rotatable bonds is 4. The zero-order valence-corrected chi connectivity index (χ0v) is 16.4. The minimum absolute atomic E-state index is 0.0527. The summed E-state index contributed by atoms with van der Waals surface area (Å²) in [5.74, 6) is -0.789. The fraction of sp³-hybridized carbons (Fsp3) is 0.0455. The Hall–Kier alpha value is -3.84. The maximum Gasteiger partial charge on any atom is 0.335 e. The van der Waals surface area contributed by atoms with Crippen molar-refractivity contribution in [2.45, 2.75) is 6.92 Å². The molecule has 4 rings (SSSR count). The van der Waals surface area contributed by atoms with Gasteiger partial charge in [0, 0.05) is 16.7 Å². The zero-order chi connectivity index (χ0) is 21.4. The van der Waals surface area contributed by atoms with E-state index in [4.69, 9.17) is 16.0 Å². The van der Waals surface area contributed by atoms with Gasteiger partial charge in [0.2, 0.25) is 0 Å². The first kappa shape index (κ1) is 19.5. The van der Waals surface area contributed by atoms with Crippen LogP contribution in [0.4, 0.5) is 10.5 Å². The number of aromatic carboxylic acids is 1. The van der Waals surface area contributed by atoms with Gasteiger partial charge >= 0.3 is 12.0 Å². The number of carbonyl (C=O) groups is 3. The fourth-order valence-corrected chi connectivity index (χ4v) is 3.31. The van der Waals surface area contributed by atoms with Crippen LogP contribution in [0.3, 0.4) is 0 Å². The van der Waals surface area contributed by atoms with E-state index in [0.717, 1.165) is 10.5 Å². The molecule has 2 N–H and O–H groups in total. The van der Waals surface area contributed by atoms with Crippen LogP contribution in [-0.2, 0) is 4.79 Å². The van der Waals surface area contributed by atoms with E-state index >= 15 is 0 Å². The minimum atomic E-state index is -1.04. The molecule has 2 heterocycles. The van der Waals surface area contributed by atoms with Gasteiger partial charge in [-0.25, -0.2) is 14.5 Å². The molecule has 7 nitrogen and oxygen atoms in total. The molecule has 1 aliphatic heterocycles. The van der Waals surface area contributed by atoms with Crippen LogP contribution in [0.15, 0.2) is 64.7 Å². The standard InChI is InChI=1S/C22H15ClN2O5/c1-12-5-6-13(21(27)28)9-17(12)19-8-7-16(30-19)11-18-20(26)25(22(29)24-18)15-4-2-3-14(23)10-15/h2-11H,1H3,(H,24,29)(H,27,28). The first-order valence-corrected chi connectivity index (χ1v) is 9.28. The van der Waals surface area contributed by atoms with Crippen LogP contribution in [0.25, 0.3) is 17.4 Å². The Morgan fingerprint density at radius 3 is 2.67 bits per heavy atom. The van der Waals surface area contributed by atoms with Crippen LogP contribution >= 0.6 is 11.6 Å². The number of aryl methyl sites for hydroxylation is 1. The van der Waals surface area contributed by atoms with Gasteiger partial charge in [-0.05, 0) is 55.0 Å². The predicted octanol–water partition coefficient (Wildman–Crippen LogP) is 4.70. The van der Waals surface area contributed by atoms with Gasteiger partial charge in [-0.15, -0.1) is 0 Å². The second-order valence-corrected chi connectivity index (χ2v) is 7.08. The van der Waals surface area contributed by atoms with Crippen LogP contribution in [0.5, 0.6) is 0 Å². The molecular weight excluding hydrogens is 408 g/mol. The maximum absolute atomic E-state index is 12.7. The number of hydrogen-bond donors (Lipinski definition) is 2. The average Bonchev–Trinajstić information content (AvgIpc) is 3.26. The molecule has 1 fully saturated rings. The van der Waals surface area contributed by atoms with E-state index in [-0.39, 0.29) is 11.3 Å². The maximum atomic E-state index is 12.7. The summed E-state index contributed by atoms with van der Waals surface area (Å²) in [7, 11) is 0. The summed E-state index contributed by atoms with van der Waals surface area (Å²) in [6.45, 7) is 1.84. The number of benzene rings is 2. The quantitative estimate of drug-likeness (QED) is 0.468. The van der Waals surface area contributed by atoms with E-state index in [1.165, 1.54) is 24.3 Å². The predicted molar refractivity (Wildman–Crippen MR) is 111 cm³/mol. The Labute approximate surface area is 176 Å². The summed E-state index contributed by atoms with van der Waals surface area (Å²) in [4.78, 5) is 37.2. The molecule has 0 spiro atoms. The normalized spacial score (nSPS) is 15.0. The van der Waals surface area contributed by atoms with Gasteiger partial charge in [0.15, 0.2) is 0 Å². The van der Waals surface area contributed by atoms with Crippen molar-refractivity contribution in [1.29, 1.82) is 0 Å². The highest BCUT2D eigenvalue weighted by Crippen LogP contribution is 2.29. The van der Waals surface area contributed by atoms with E-state index in [0.29, 0.717) is 27.8 Å². The number of hydrogen-bond acceptors (Lipinski definition) is 4. The molecule has 30 heavy (non-hydrogen) atoms. The Morgan fingerprint density at radius 2 is 1.93 bits per heavy atom. The molecule has 1 saturated heterocycles. The molecule has 3 aromatic rings. The van der Waals surface area contributed by atoms with Crippen molar-refractivity contribution in [2.24, 2.45) is 0 Å². The molecule has 150 valence electrons. The number of halogens is 1. The Kier molecular flexibility index (Phi) is 4.89. The molecule has 0 radical (unpaired) electrons. The monoisotopic (exact) mass is 422 g/mol. The van der Waals surface area contributed by atoms with Gasteiger partial charge < -0.3 is 14.8 Å². The number of nitrogens with one attached hydrogen (secondary N) is 1. The molecule has 1 aromatic heterocycles. The van der Waals surface area contributed by atoms with Gasteiger partial charge in [-0.2, -0.15) is 0 Å². The number of furan rings is 1. The molecule has 0 aliphatic carbocycles. The lowest BCUT2D eigenvalue weighted by atomic mass is 10.0. The second kappa shape index (κ2) is 7.53. The van der Waals surface area contributed by atoms with Gasteiger partial charge in [0.25, 0.3) is 5.91 Å². The lowest BCUT2D eigenvalue weighted by Gasteiger charge is -2.11. The highest BCUT2D eigenvalue weighted by atomic mass is 35.5. The third-order valence-electron chi connectivity index (χ3n) is 4.61. The fourth-order valence-electron chi connectivity index (χ4n) is 3.12. The summed E-state index contributed by atoms with van der Waals surface area (Å²) < 4.78 is 5.78. The summed E-state index contributed by atoms with van der Waals surface area (Å²) in [6, 6.07) is 13.9. The van der Waals surface area contributed by atoms with Gasteiger partial charge in [-0.1, -0.05) is 23.7 Å². The van der Waals surface area contributed by atoms with E-state index in [1.807, 2.05) is 6.92 Å². The number of urea groups is 1. The molecule has 0 unspecified atom stereocenters. The number of amides is 3. The van der Waals surface area contributed by atoms with Crippen molar-refractivity contribution in [3.8, 4) is 11.3 Å². The Bertz CT molecular complexity index is 1230. The Balaban J connectivity index is 1.64. The van der Waals surface area contributed by atoms with Crippen LogP contribution in [0.2, 0.25) is 5.02 Å². The first-order valence-electron chi connectivity index (χ1n) is 8.90. The molecule has 0 saturated carbocycles. The largest absolute Gasteiger partial charge is 0.478 e. The molecule has 0 atom stereocenters. The van der Waals surface area contributed by atoms with Crippen LogP contribution in [0.1, 0.15) is 21.7 Å². The van der Waals surface area contributed by atoms with E-state index in [9.17, 15) is 19.5 Å². The molecule has 0 bridgehead atoms. The number of carboxylic acids is 1. The lowest BCUT2D eigenvalue weighted by Crippen LogP contribution is -2.30. The summed E-state index contributed by atoms with van der Waals surface area (Å²) in [5.41, 5.74) is 2.02. The second-order valence-electron chi connectivity index (χ2n) is 6.65. The van der Waals surface area contributed by atoms with Crippen LogP contribution in [0, 0.1) is 6.92 Å². The molecule has 2 aromatic carbocycles. The number of nitrogens with zero attached hydrogens (tertiary/aromatic N) is 1. The zero-order valence-electron chi connectivity index (χ0n) is 15.7. The van der Waals surface area contributed by atoms with E-state index in [1.54, 1.807) is 36.4 Å². The molecule has 1 aliphatic rings. The van der Waals surface area contributed by atoms with Gasteiger partial charge in [0.1, 0.15) is 17.2 Å². The third kappa shape index (κ3) is 3.58. The number of imide groups is 1. The van der Waals surface area contributed by atoms with E-state index in [2.05, 4.69) is 5.32 Å². The average molecular weight is 423 g/mol. The first-order chi connectivity index (χ1) is 14.3. The Morgan fingerprint density at radius 1 is 1.13 bits per heavy atom. The van der Waals surface area contributed by atoms with Crippen molar-refractivity contribution in [2.75, 3.05) is 4.90 Å². The third-order valence-corrected chi connectivity index (χ3v) is 4.84. The number of carbonyl (C=O) groups excluding carboxylic acids is 2. The van der Waals surface area contributed by atoms with Crippen LogP contribution in [-0.4, -0.2) is 23.0 Å². The highest BCUT2D eigenvalue weighted by Gasteiger charge is 2.35. The summed E-state index contributed by atoms with van der Waals surface area (Å²) in [6.07, 6.45) is 1.42. The van der Waals surface area contributed by atoms with Crippen molar-refractivity contribution in [1.82, 2.24) is 5.32 Å². The van der Waals surface area contributed by atoms with Crippen molar-refractivity contribution >= 4 is 41.3 Å². The molecular formula is C22H15ClN2O5. The van der Waals surface area contributed by atoms with Crippen molar-refractivity contribution < 1.29 is 23.9 Å². The van der Waals surface area contributed by atoms with E-state index < -0.39 is 17.9 Å². The van der Waals surface area contributed by atoms with Gasteiger partial charge in [-0.3, -0.25) is 4.79 Å². The highest BCUT2D eigenvalue weighted by molar-refractivity contribution is 6.32. The summed E-state index contributed by atoms with van der Waals surface area (Å²) in [5, 5.41) is 12.1. The molecule has 3 amide bonds.